The van der Waals surface area contributed by atoms with Crippen LogP contribution in [0.3, 0.4) is 0 Å². The molecule has 1 aromatic carbocycles. The fourth-order valence-corrected chi connectivity index (χ4v) is 1.53. The van der Waals surface area contributed by atoms with Crippen molar-refractivity contribution in [3.05, 3.63) is 28.3 Å². The fraction of sp³-hybridized carbons (Fsp3) is 0.417. The third-order valence-electron chi connectivity index (χ3n) is 2.36. The lowest BCUT2D eigenvalue weighted by Gasteiger charge is -2.11. The van der Waals surface area contributed by atoms with E-state index in [-0.39, 0.29) is 5.91 Å². The summed E-state index contributed by atoms with van der Waals surface area (Å²) in [6, 6.07) is 3.70. The SMILES string of the molecule is CCC(=O)NCc1cc(Cl)c(C)cc1OC. The molecule has 0 bridgehead atoms. The molecule has 0 unspecified atom stereocenters. The highest BCUT2D eigenvalue weighted by Gasteiger charge is 2.07. The maximum atomic E-state index is 11.2. The van der Waals surface area contributed by atoms with Gasteiger partial charge in [-0.25, -0.2) is 0 Å². The van der Waals surface area contributed by atoms with Crippen LogP contribution in [0.25, 0.3) is 0 Å². The van der Waals surface area contributed by atoms with E-state index in [1.807, 2.05) is 26.0 Å². The molecular formula is C12H16ClNO2. The Kier molecular flexibility index (Phi) is 4.62. The van der Waals surface area contributed by atoms with Gasteiger partial charge in [-0.1, -0.05) is 18.5 Å². The van der Waals surface area contributed by atoms with E-state index in [2.05, 4.69) is 5.32 Å². The first kappa shape index (κ1) is 12.8. The zero-order valence-corrected chi connectivity index (χ0v) is 10.5. The molecule has 0 radical (unpaired) electrons. The number of hydrogen-bond acceptors (Lipinski definition) is 2. The highest BCUT2D eigenvalue weighted by Crippen LogP contribution is 2.26. The van der Waals surface area contributed by atoms with Crippen molar-refractivity contribution in [3.8, 4) is 5.75 Å². The minimum Gasteiger partial charge on any atom is -0.496 e. The molecule has 0 aliphatic rings. The number of carbonyl (C=O) groups is 1. The van der Waals surface area contributed by atoms with Crippen LogP contribution in [-0.4, -0.2) is 13.0 Å². The zero-order chi connectivity index (χ0) is 12.1. The molecule has 0 atom stereocenters. The van der Waals surface area contributed by atoms with Crippen molar-refractivity contribution in [2.45, 2.75) is 26.8 Å². The summed E-state index contributed by atoms with van der Waals surface area (Å²) < 4.78 is 5.24. The van der Waals surface area contributed by atoms with Crippen LogP contribution in [0.5, 0.6) is 5.75 Å². The van der Waals surface area contributed by atoms with Gasteiger partial charge in [0.25, 0.3) is 0 Å². The molecule has 0 aliphatic heterocycles. The van der Waals surface area contributed by atoms with Crippen LogP contribution in [0.4, 0.5) is 0 Å². The molecule has 1 amide bonds. The van der Waals surface area contributed by atoms with Gasteiger partial charge in [0.05, 0.1) is 7.11 Å². The largest absolute Gasteiger partial charge is 0.496 e. The molecule has 1 rings (SSSR count). The van der Waals surface area contributed by atoms with Crippen LogP contribution in [0.1, 0.15) is 24.5 Å². The van der Waals surface area contributed by atoms with Gasteiger partial charge in [0.2, 0.25) is 5.91 Å². The molecular weight excluding hydrogens is 226 g/mol. The number of benzene rings is 1. The van der Waals surface area contributed by atoms with Gasteiger partial charge in [-0.3, -0.25) is 4.79 Å². The van der Waals surface area contributed by atoms with Crippen molar-refractivity contribution in [1.29, 1.82) is 0 Å². The van der Waals surface area contributed by atoms with Crippen molar-refractivity contribution < 1.29 is 9.53 Å². The number of methoxy groups -OCH3 is 1. The Labute approximate surface area is 101 Å². The van der Waals surface area contributed by atoms with E-state index in [1.165, 1.54) is 0 Å². The van der Waals surface area contributed by atoms with E-state index in [4.69, 9.17) is 16.3 Å². The predicted molar refractivity (Wildman–Crippen MR) is 64.9 cm³/mol. The van der Waals surface area contributed by atoms with Crippen LogP contribution in [0, 0.1) is 6.92 Å². The second-order valence-electron chi connectivity index (χ2n) is 3.54. The molecule has 1 N–H and O–H groups in total. The Hall–Kier alpha value is -1.22. The standard InChI is InChI=1S/C12H16ClNO2/c1-4-12(15)14-7-9-6-10(13)8(2)5-11(9)16-3/h5-6H,4,7H2,1-3H3,(H,14,15). The van der Waals surface area contributed by atoms with Crippen molar-refractivity contribution in [1.82, 2.24) is 5.32 Å². The van der Waals surface area contributed by atoms with E-state index >= 15 is 0 Å². The lowest BCUT2D eigenvalue weighted by Crippen LogP contribution is -2.21. The smallest absolute Gasteiger partial charge is 0.219 e. The van der Waals surface area contributed by atoms with E-state index in [0.717, 1.165) is 16.9 Å². The predicted octanol–water partition coefficient (Wildman–Crippen LogP) is 2.68. The van der Waals surface area contributed by atoms with Gasteiger partial charge in [0, 0.05) is 23.6 Å². The molecule has 16 heavy (non-hydrogen) atoms. The summed E-state index contributed by atoms with van der Waals surface area (Å²) in [5, 5.41) is 3.47. The fourth-order valence-electron chi connectivity index (χ4n) is 1.34. The van der Waals surface area contributed by atoms with Crippen LogP contribution < -0.4 is 10.1 Å². The summed E-state index contributed by atoms with van der Waals surface area (Å²) >= 11 is 6.02. The molecule has 1 aromatic rings. The number of ether oxygens (including phenoxy) is 1. The van der Waals surface area contributed by atoms with Crippen LogP contribution in [0.2, 0.25) is 5.02 Å². The first-order chi connectivity index (χ1) is 7.58. The Morgan fingerprint density at radius 3 is 2.75 bits per heavy atom. The third-order valence-corrected chi connectivity index (χ3v) is 2.77. The summed E-state index contributed by atoms with van der Waals surface area (Å²) in [4.78, 5) is 11.2. The topological polar surface area (TPSA) is 38.3 Å². The molecule has 3 nitrogen and oxygen atoms in total. The van der Waals surface area contributed by atoms with Gasteiger partial charge in [0.1, 0.15) is 5.75 Å². The average molecular weight is 242 g/mol. The lowest BCUT2D eigenvalue weighted by molar-refractivity contribution is -0.120. The molecule has 0 aromatic heterocycles. The molecule has 0 fully saturated rings. The monoisotopic (exact) mass is 241 g/mol. The second-order valence-corrected chi connectivity index (χ2v) is 3.95. The Morgan fingerprint density at radius 2 is 2.19 bits per heavy atom. The van der Waals surface area contributed by atoms with Crippen molar-refractivity contribution in [2.24, 2.45) is 0 Å². The summed E-state index contributed by atoms with van der Waals surface area (Å²) in [6.45, 7) is 4.17. The van der Waals surface area contributed by atoms with Gasteiger partial charge in [-0.05, 0) is 24.6 Å². The number of carbonyl (C=O) groups excluding carboxylic acids is 1. The van der Waals surface area contributed by atoms with Gasteiger partial charge in [0.15, 0.2) is 0 Å². The molecule has 88 valence electrons. The summed E-state index contributed by atoms with van der Waals surface area (Å²) in [5.41, 5.74) is 1.85. The first-order valence-corrected chi connectivity index (χ1v) is 5.56. The van der Waals surface area contributed by atoms with E-state index in [9.17, 15) is 4.79 Å². The normalized spacial score (nSPS) is 10.0. The average Bonchev–Trinajstić information content (AvgIpc) is 2.29. The summed E-state index contributed by atoms with van der Waals surface area (Å²) in [5.74, 6) is 0.761. The zero-order valence-electron chi connectivity index (χ0n) is 9.76. The van der Waals surface area contributed by atoms with Crippen LogP contribution in [-0.2, 0) is 11.3 Å². The molecule has 4 heteroatoms. The number of hydrogen-bond donors (Lipinski definition) is 1. The van der Waals surface area contributed by atoms with Crippen LogP contribution >= 0.6 is 11.6 Å². The quantitative estimate of drug-likeness (QED) is 0.880. The number of amides is 1. The second kappa shape index (κ2) is 5.75. The van der Waals surface area contributed by atoms with E-state index in [0.29, 0.717) is 18.0 Å². The minimum atomic E-state index is 0.0127. The molecule has 0 saturated carbocycles. The number of nitrogens with one attached hydrogen (secondary N) is 1. The maximum absolute atomic E-state index is 11.2. The van der Waals surface area contributed by atoms with Crippen molar-refractivity contribution >= 4 is 17.5 Å². The molecule has 0 saturated heterocycles. The lowest BCUT2D eigenvalue weighted by atomic mass is 10.1. The highest BCUT2D eigenvalue weighted by atomic mass is 35.5. The van der Waals surface area contributed by atoms with Gasteiger partial charge in [-0.15, -0.1) is 0 Å². The van der Waals surface area contributed by atoms with Crippen molar-refractivity contribution in [2.75, 3.05) is 7.11 Å². The summed E-state index contributed by atoms with van der Waals surface area (Å²) in [6.07, 6.45) is 0.474. The van der Waals surface area contributed by atoms with Crippen molar-refractivity contribution in [3.63, 3.8) is 0 Å². The van der Waals surface area contributed by atoms with E-state index in [1.54, 1.807) is 7.11 Å². The Bertz CT molecular complexity index is 391. The van der Waals surface area contributed by atoms with Gasteiger partial charge < -0.3 is 10.1 Å². The Morgan fingerprint density at radius 1 is 1.50 bits per heavy atom. The molecule has 0 spiro atoms. The molecule has 0 heterocycles. The van der Waals surface area contributed by atoms with Crippen LogP contribution in [0.15, 0.2) is 12.1 Å². The summed E-state index contributed by atoms with van der Waals surface area (Å²) in [7, 11) is 1.60. The maximum Gasteiger partial charge on any atom is 0.219 e. The Balaban J connectivity index is 2.86. The third kappa shape index (κ3) is 3.14. The highest BCUT2D eigenvalue weighted by molar-refractivity contribution is 6.31. The van der Waals surface area contributed by atoms with Gasteiger partial charge >= 0.3 is 0 Å². The first-order valence-electron chi connectivity index (χ1n) is 5.18. The minimum absolute atomic E-state index is 0.0127. The number of rotatable bonds is 4. The number of halogens is 1. The van der Waals surface area contributed by atoms with Gasteiger partial charge in [-0.2, -0.15) is 0 Å². The number of aryl methyl sites for hydroxylation is 1. The van der Waals surface area contributed by atoms with E-state index < -0.39 is 0 Å². The molecule has 0 aliphatic carbocycles.